The number of methoxy groups -OCH3 is 1. The van der Waals surface area contributed by atoms with Gasteiger partial charge in [-0.25, -0.2) is 13.4 Å². The zero-order valence-corrected chi connectivity index (χ0v) is 15.8. The number of carbonyl (C=O) groups excluding carboxylic acids is 1. The second-order valence-electron chi connectivity index (χ2n) is 5.81. The molecule has 0 radical (unpaired) electrons. The second-order valence-corrected chi connectivity index (χ2v) is 8.15. The monoisotopic (exact) mass is 398 g/mol. The summed E-state index contributed by atoms with van der Waals surface area (Å²) in [7, 11) is -2.16. The van der Waals surface area contributed by atoms with Gasteiger partial charge in [0.2, 0.25) is 0 Å². The smallest absolute Gasteiger partial charge is 0.260 e. The maximum absolute atomic E-state index is 12.9. The number of amides is 1. The van der Waals surface area contributed by atoms with Crippen LogP contribution >= 0.6 is 11.6 Å². The van der Waals surface area contributed by atoms with Gasteiger partial charge in [-0.3, -0.25) is 4.79 Å². The number of imidazole rings is 1. The molecule has 0 unspecified atom stereocenters. The molecular weight excluding hydrogens is 380 g/mol. The zero-order valence-electron chi connectivity index (χ0n) is 14.2. The third-order valence-corrected chi connectivity index (χ3v) is 6.28. The number of H-pyrrole nitrogens is 1. The molecule has 140 valence electrons. The van der Waals surface area contributed by atoms with Crippen LogP contribution in [0.2, 0.25) is 5.02 Å². The van der Waals surface area contributed by atoms with Crippen LogP contribution in [0, 0.1) is 0 Å². The maximum atomic E-state index is 12.9. The summed E-state index contributed by atoms with van der Waals surface area (Å²) in [5, 5.41) is 0.487. The van der Waals surface area contributed by atoms with E-state index in [0.717, 1.165) is 0 Å². The van der Waals surface area contributed by atoms with E-state index in [4.69, 9.17) is 16.3 Å². The fourth-order valence-corrected chi connectivity index (χ4v) is 4.42. The van der Waals surface area contributed by atoms with Crippen molar-refractivity contribution in [2.75, 3.05) is 33.3 Å². The Morgan fingerprint density at radius 3 is 2.77 bits per heavy atom. The molecule has 1 aliphatic rings. The molecule has 10 heteroatoms. The molecule has 1 fully saturated rings. The Balaban J connectivity index is 1.77. The van der Waals surface area contributed by atoms with Crippen LogP contribution in [0.25, 0.3) is 0 Å². The molecule has 1 aliphatic heterocycles. The van der Waals surface area contributed by atoms with Crippen molar-refractivity contribution in [3.63, 3.8) is 0 Å². The van der Waals surface area contributed by atoms with E-state index >= 15 is 0 Å². The molecule has 0 spiro atoms. The Bertz CT molecular complexity index is 886. The molecule has 0 aliphatic carbocycles. The van der Waals surface area contributed by atoms with Gasteiger partial charge in [-0.15, -0.1) is 0 Å². The number of sulfonamides is 1. The lowest BCUT2D eigenvalue weighted by atomic mass is 10.1. The lowest BCUT2D eigenvalue weighted by Crippen LogP contribution is -2.37. The fraction of sp³-hybridized carbons (Fsp3) is 0.375. The highest BCUT2D eigenvalue weighted by atomic mass is 35.5. The van der Waals surface area contributed by atoms with E-state index < -0.39 is 10.0 Å². The van der Waals surface area contributed by atoms with Crippen LogP contribution in [0.5, 0.6) is 5.75 Å². The molecule has 3 rings (SSSR count). The molecule has 1 saturated heterocycles. The Labute approximate surface area is 156 Å². The summed E-state index contributed by atoms with van der Waals surface area (Å²) in [6.07, 6.45) is 3.13. The van der Waals surface area contributed by atoms with Gasteiger partial charge in [0.1, 0.15) is 5.75 Å². The Hall–Kier alpha value is -2.10. The minimum atomic E-state index is -3.64. The summed E-state index contributed by atoms with van der Waals surface area (Å²) < 4.78 is 31.8. The SMILES string of the molecule is COc1ccc(Cl)cc1C(=O)N1CCCN(S(=O)(=O)c2cnc[nH]2)CC1. The molecule has 0 atom stereocenters. The number of aromatic amines is 1. The summed E-state index contributed by atoms with van der Waals surface area (Å²) in [5.74, 6) is 0.204. The molecule has 0 saturated carbocycles. The highest BCUT2D eigenvalue weighted by Gasteiger charge is 2.30. The van der Waals surface area contributed by atoms with E-state index in [1.54, 1.807) is 23.1 Å². The van der Waals surface area contributed by atoms with Crippen LogP contribution in [-0.2, 0) is 10.0 Å². The van der Waals surface area contributed by atoms with Gasteiger partial charge in [-0.2, -0.15) is 4.31 Å². The molecule has 1 amide bonds. The number of ether oxygens (including phenoxy) is 1. The summed E-state index contributed by atoms with van der Waals surface area (Å²) in [6, 6.07) is 4.85. The topological polar surface area (TPSA) is 95.6 Å². The molecular formula is C16H19ClN4O4S. The number of benzene rings is 1. The lowest BCUT2D eigenvalue weighted by Gasteiger charge is -2.22. The number of rotatable bonds is 4. The van der Waals surface area contributed by atoms with Gasteiger partial charge in [-0.05, 0) is 24.6 Å². The first-order valence-electron chi connectivity index (χ1n) is 8.05. The number of carbonyl (C=O) groups is 1. The number of aromatic nitrogens is 2. The largest absolute Gasteiger partial charge is 0.496 e. The summed E-state index contributed by atoms with van der Waals surface area (Å²) in [6.45, 7) is 1.26. The maximum Gasteiger partial charge on any atom is 0.260 e. The van der Waals surface area contributed by atoms with Crippen molar-refractivity contribution >= 4 is 27.5 Å². The third kappa shape index (κ3) is 3.69. The average molecular weight is 399 g/mol. The molecule has 8 nitrogen and oxygen atoms in total. The number of nitrogens with zero attached hydrogens (tertiary/aromatic N) is 3. The summed E-state index contributed by atoms with van der Waals surface area (Å²) >= 11 is 6.01. The van der Waals surface area contributed by atoms with Crippen molar-refractivity contribution in [2.45, 2.75) is 11.4 Å². The van der Waals surface area contributed by atoms with E-state index in [0.29, 0.717) is 35.8 Å². The van der Waals surface area contributed by atoms with Gasteiger partial charge < -0.3 is 14.6 Å². The molecule has 1 N–H and O–H groups in total. The van der Waals surface area contributed by atoms with Crippen molar-refractivity contribution < 1.29 is 17.9 Å². The third-order valence-electron chi connectivity index (χ3n) is 4.22. The molecule has 2 heterocycles. The van der Waals surface area contributed by atoms with Crippen LogP contribution in [-0.4, -0.2) is 66.8 Å². The first-order chi connectivity index (χ1) is 12.4. The average Bonchev–Trinajstić information content (AvgIpc) is 3.06. The highest BCUT2D eigenvalue weighted by molar-refractivity contribution is 7.89. The normalized spacial score (nSPS) is 16.3. The highest BCUT2D eigenvalue weighted by Crippen LogP contribution is 2.25. The zero-order chi connectivity index (χ0) is 18.7. The van der Waals surface area contributed by atoms with E-state index in [1.807, 2.05) is 0 Å². The van der Waals surface area contributed by atoms with Gasteiger partial charge in [0.15, 0.2) is 5.03 Å². The lowest BCUT2D eigenvalue weighted by molar-refractivity contribution is 0.0761. The van der Waals surface area contributed by atoms with Crippen molar-refractivity contribution in [2.24, 2.45) is 0 Å². The van der Waals surface area contributed by atoms with E-state index in [-0.39, 0.29) is 24.0 Å². The van der Waals surface area contributed by atoms with Gasteiger partial charge in [0.05, 0.1) is 25.2 Å². The number of hydrogen-bond donors (Lipinski definition) is 1. The predicted octanol–water partition coefficient (Wildman–Crippen LogP) is 1.61. The van der Waals surface area contributed by atoms with Gasteiger partial charge in [0.25, 0.3) is 15.9 Å². The molecule has 1 aromatic carbocycles. The van der Waals surface area contributed by atoms with Crippen molar-refractivity contribution in [1.82, 2.24) is 19.2 Å². The van der Waals surface area contributed by atoms with Gasteiger partial charge >= 0.3 is 0 Å². The van der Waals surface area contributed by atoms with Crippen LogP contribution in [0.4, 0.5) is 0 Å². The number of nitrogens with one attached hydrogen (secondary N) is 1. The van der Waals surface area contributed by atoms with E-state index in [1.165, 1.54) is 23.9 Å². The second kappa shape index (κ2) is 7.65. The summed E-state index contributed by atoms with van der Waals surface area (Å²) in [5.41, 5.74) is 0.366. The molecule has 1 aromatic heterocycles. The van der Waals surface area contributed by atoms with Crippen LogP contribution in [0.1, 0.15) is 16.8 Å². The number of halogens is 1. The van der Waals surface area contributed by atoms with Crippen molar-refractivity contribution in [3.05, 3.63) is 41.3 Å². The van der Waals surface area contributed by atoms with Crippen molar-refractivity contribution in [3.8, 4) is 5.75 Å². The van der Waals surface area contributed by atoms with Crippen LogP contribution < -0.4 is 4.74 Å². The quantitative estimate of drug-likeness (QED) is 0.844. The fourth-order valence-electron chi connectivity index (χ4n) is 2.88. The molecule has 2 aromatic rings. The summed E-state index contributed by atoms with van der Waals surface area (Å²) in [4.78, 5) is 20.9. The van der Waals surface area contributed by atoms with Crippen molar-refractivity contribution in [1.29, 1.82) is 0 Å². The Kier molecular flexibility index (Phi) is 5.49. The van der Waals surface area contributed by atoms with Crippen LogP contribution in [0.3, 0.4) is 0 Å². The Morgan fingerprint density at radius 2 is 2.08 bits per heavy atom. The van der Waals surface area contributed by atoms with Gasteiger partial charge in [-0.1, -0.05) is 11.6 Å². The Morgan fingerprint density at radius 1 is 1.27 bits per heavy atom. The first-order valence-corrected chi connectivity index (χ1v) is 9.86. The standard InChI is InChI=1S/C16H19ClN4O4S/c1-25-14-4-3-12(17)9-13(14)16(22)20-5-2-6-21(8-7-20)26(23,24)15-10-18-11-19-15/h3-4,9-11H,2,5-8H2,1H3,(H,18,19). The number of hydrogen-bond acceptors (Lipinski definition) is 5. The molecule has 26 heavy (non-hydrogen) atoms. The minimum Gasteiger partial charge on any atom is -0.496 e. The minimum absolute atomic E-state index is 0.0498. The van der Waals surface area contributed by atoms with E-state index in [2.05, 4.69) is 9.97 Å². The predicted molar refractivity (Wildman–Crippen MR) is 95.9 cm³/mol. The van der Waals surface area contributed by atoms with Gasteiger partial charge in [0, 0.05) is 31.2 Å². The van der Waals surface area contributed by atoms with E-state index in [9.17, 15) is 13.2 Å². The van der Waals surface area contributed by atoms with Crippen LogP contribution in [0.15, 0.2) is 35.7 Å². The first kappa shape index (κ1) is 18.7. The molecule has 0 bridgehead atoms.